The Labute approximate surface area is 92.5 Å². The first-order valence-corrected chi connectivity index (χ1v) is 4.84. The van der Waals surface area contributed by atoms with E-state index >= 15 is 0 Å². The van der Waals surface area contributed by atoms with E-state index in [4.69, 9.17) is 11.6 Å². The van der Waals surface area contributed by atoms with Gasteiger partial charge in [-0.1, -0.05) is 23.7 Å². The third kappa shape index (κ3) is 2.05. The summed E-state index contributed by atoms with van der Waals surface area (Å²) in [4.78, 5) is 14.9. The Hall–Kier alpha value is -1.67. The number of hydrogen-bond acceptors (Lipinski definition) is 2. The van der Waals surface area contributed by atoms with E-state index in [1.165, 1.54) is 0 Å². The summed E-state index contributed by atoms with van der Waals surface area (Å²) in [7, 11) is 0. The van der Waals surface area contributed by atoms with Gasteiger partial charge in [0.25, 0.3) is 0 Å². The summed E-state index contributed by atoms with van der Waals surface area (Å²) in [5.74, 6) is 0. The highest BCUT2D eigenvalue weighted by molar-refractivity contribution is 6.31. The monoisotopic (exact) mass is 217 g/mol. The highest BCUT2D eigenvalue weighted by Crippen LogP contribution is 2.24. The van der Waals surface area contributed by atoms with Crippen LogP contribution in [-0.4, -0.2) is 11.3 Å². The van der Waals surface area contributed by atoms with E-state index in [9.17, 15) is 4.79 Å². The average molecular weight is 218 g/mol. The molecule has 1 heterocycles. The summed E-state index contributed by atoms with van der Waals surface area (Å²) in [6, 6.07) is 8.97. The van der Waals surface area contributed by atoms with Crippen molar-refractivity contribution in [3.8, 4) is 11.1 Å². The molecule has 0 amide bonds. The number of hydrogen-bond donors (Lipinski definition) is 0. The van der Waals surface area contributed by atoms with Crippen LogP contribution in [0.4, 0.5) is 0 Å². The number of benzene rings is 1. The van der Waals surface area contributed by atoms with Crippen molar-refractivity contribution < 1.29 is 4.79 Å². The zero-order valence-corrected chi connectivity index (χ0v) is 8.61. The van der Waals surface area contributed by atoms with Gasteiger partial charge in [0.2, 0.25) is 0 Å². The zero-order valence-electron chi connectivity index (χ0n) is 7.85. The van der Waals surface area contributed by atoms with Gasteiger partial charge in [0.15, 0.2) is 6.29 Å². The van der Waals surface area contributed by atoms with Crippen LogP contribution in [-0.2, 0) is 0 Å². The first-order chi connectivity index (χ1) is 7.31. The maximum atomic E-state index is 10.9. The van der Waals surface area contributed by atoms with Gasteiger partial charge >= 0.3 is 0 Å². The van der Waals surface area contributed by atoms with Crippen LogP contribution in [0, 0.1) is 0 Å². The molecule has 1 aromatic carbocycles. The summed E-state index contributed by atoms with van der Waals surface area (Å²) < 4.78 is 0. The Morgan fingerprint density at radius 2 is 2.13 bits per heavy atom. The molecule has 0 saturated carbocycles. The molecule has 2 aromatic rings. The van der Waals surface area contributed by atoms with Crippen LogP contribution >= 0.6 is 11.6 Å². The number of pyridine rings is 1. The highest BCUT2D eigenvalue weighted by Gasteiger charge is 2.04. The lowest BCUT2D eigenvalue weighted by Gasteiger charge is -2.04. The molecule has 0 radical (unpaired) electrons. The van der Waals surface area contributed by atoms with Crippen molar-refractivity contribution in [1.29, 1.82) is 0 Å². The summed E-state index contributed by atoms with van der Waals surface area (Å²) in [5, 5.41) is 0.560. The Bertz CT molecular complexity index is 482. The number of aromatic nitrogens is 1. The van der Waals surface area contributed by atoms with Crippen LogP contribution in [0.2, 0.25) is 5.02 Å². The van der Waals surface area contributed by atoms with Crippen molar-refractivity contribution in [2.24, 2.45) is 0 Å². The normalized spacial score (nSPS) is 9.93. The van der Waals surface area contributed by atoms with Crippen molar-refractivity contribution in [2.75, 3.05) is 0 Å². The maximum absolute atomic E-state index is 10.9. The smallest absolute Gasteiger partial charge is 0.150 e. The van der Waals surface area contributed by atoms with Crippen LogP contribution in [0.3, 0.4) is 0 Å². The van der Waals surface area contributed by atoms with Gasteiger partial charge in [0.05, 0.1) is 0 Å². The molecule has 0 fully saturated rings. The fourth-order valence-electron chi connectivity index (χ4n) is 1.42. The minimum Gasteiger partial charge on any atom is -0.298 e. The van der Waals surface area contributed by atoms with Gasteiger partial charge in [-0.15, -0.1) is 0 Å². The predicted molar refractivity (Wildman–Crippen MR) is 60.1 cm³/mol. The molecule has 0 unspecified atom stereocenters. The molecule has 2 rings (SSSR count). The molecule has 0 saturated heterocycles. The fourth-order valence-corrected chi connectivity index (χ4v) is 1.60. The third-order valence-corrected chi connectivity index (χ3v) is 2.35. The number of rotatable bonds is 2. The van der Waals surface area contributed by atoms with Crippen LogP contribution in [0.15, 0.2) is 42.7 Å². The van der Waals surface area contributed by atoms with Gasteiger partial charge in [-0.25, -0.2) is 0 Å². The molecule has 0 bridgehead atoms. The van der Waals surface area contributed by atoms with E-state index in [-0.39, 0.29) is 0 Å². The molecule has 15 heavy (non-hydrogen) atoms. The molecule has 0 atom stereocenters. The molecule has 1 aromatic heterocycles. The van der Waals surface area contributed by atoms with E-state index in [1.807, 2.05) is 18.2 Å². The van der Waals surface area contributed by atoms with E-state index in [0.717, 1.165) is 17.4 Å². The Morgan fingerprint density at radius 1 is 1.27 bits per heavy atom. The highest BCUT2D eigenvalue weighted by atomic mass is 35.5. The number of halogens is 1. The second-order valence-corrected chi connectivity index (χ2v) is 3.53. The molecule has 2 nitrogen and oxygen atoms in total. The van der Waals surface area contributed by atoms with Gasteiger partial charge in [0.1, 0.15) is 0 Å². The van der Waals surface area contributed by atoms with Crippen LogP contribution < -0.4 is 0 Å². The van der Waals surface area contributed by atoms with Gasteiger partial charge in [-0.05, 0) is 23.8 Å². The van der Waals surface area contributed by atoms with Crippen molar-refractivity contribution in [2.45, 2.75) is 0 Å². The molecule has 3 heteroatoms. The fraction of sp³-hybridized carbons (Fsp3) is 0. The largest absolute Gasteiger partial charge is 0.298 e. The van der Waals surface area contributed by atoms with Crippen molar-refractivity contribution in [3.63, 3.8) is 0 Å². The van der Waals surface area contributed by atoms with Crippen LogP contribution in [0.25, 0.3) is 11.1 Å². The number of carbonyl (C=O) groups excluding carboxylic acids is 1. The summed E-state index contributed by atoms with van der Waals surface area (Å²) in [5.41, 5.74) is 2.34. The molecule has 0 aliphatic heterocycles. The quantitative estimate of drug-likeness (QED) is 0.723. The van der Waals surface area contributed by atoms with Crippen LogP contribution in [0.1, 0.15) is 10.4 Å². The van der Waals surface area contributed by atoms with Gasteiger partial charge in [0, 0.05) is 28.5 Å². The number of nitrogens with zero attached hydrogens (tertiary/aromatic N) is 1. The Kier molecular flexibility index (Phi) is 2.79. The molecule has 0 aliphatic carbocycles. The number of aldehydes is 1. The van der Waals surface area contributed by atoms with Gasteiger partial charge < -0.3 is 0 Å². The first-order valence-electron chi connectivity index (χ1n) is 4.46. The van der Waals surface area contributed by atoms with Gasteiger partial charge in [-0.2, -0.15) is 0 Å². The van der Waals surface area contributed by atoms with Crippen molar-refractivity contribution in [1.82, 2.24) is 4.98 Å². The zero-order chi connectivity index (χ0) is 10.7. The van der Waals surface area contributed by atoms with Gasteiger partial charge in [-0.3, -0.25) is 9.78 Å². The van der Waals surface area contributed by atoms with Crippen LogP contribution in [0.5, 0.6) is 0 Å². The summed E-state index contributed by atoms with van der Waals surface area (Å²) in [6.45, 7) is 0. The third-order valence-electron chi connectivity index (χ3n) is 2.11. The van der Waals surface area contributed by atoms with E-state index in [0.29, 0.717) is 10.6 Å². The minimum atomic E-state index is 0.560. The molecule has 0 aliphatic rings. The molecular weight excluding hydrogens is 210 g/mol. The van der Waals surface area contributed by atoms with E-state index < -0.39 is 0 Å². The maximum Gasteiger partial charge on any atom is 0.150 e. The summed E-state index contributed by atoms with van der Waals surface area (Å²) in [6.07, 6.45) is 4.21. The second-order valence-electron chi connectivity index (χ2n) is 3.09. The predicted octanol–water partition coefficient (Wildman–Crippen LogP) is 3.21. The Morgan fingerprint density at radius 3 is 2.80 bits per heavy atom. The summed E-state index contributed by atoms with van der Waals surface area (Å²) >= 11 is 5.81. The molecule has 0 spiro atoms. The standard InChI is InChI=1S/C12H8ClNO/c13-11-3-4-12(10(6-11)8-15)9-2-1-5-14-7-9/h1-8H. The number of carbonyl (C=O) groups is 1. The first kappa shape index (κ1) is 9.87. The lowest BCUT2D eigenvalue weighted by molar-refractivity contribution is 0.112. The molecule has 74 valence electrons. The van der Waals surface area contributed by atoms with Crippen molar-refractivity contribution in [3.05, 3.63) is 53.3 Å². The lowest BCUT2D eigenvalue weighted by Crippen LogP contribution is -1.87. The minimum absolute atomic E-state index is 0.560. The molecule has 0 N–H and O–H groups in total. The van der Waals surface area contributed by atoms with E-state index in [1.54, 1.807) is 24.5 Å². The van der Waals surface area contributed by atoms with E-state index in [2.05, 4.69) is 4.98 Å². The topological polar surface area (TPSA) is 30.0 Å². The second kappa shape index (κ2) is 4.24. The Balaban J connectivity index is 2.58. The SMILES string of the molecule is O=Cc1cc(Cl)ccc1-c1cccnc1. The van der Waals surface area contributed by atoms with Crippen molar-refractivity contribution >= 4 is 17.9 Å². The molecular formula is C12H8ClNO. The lowest BCUT2D eigenvalue weighted by atomic mass is 10.0. The average Bonchev–Trinajstić information content (AvgIpc) is 2.30.